The normalized spacial score (nSPS) is 15.5. The minimum Gasteiger partial charge on any atom is -0.342 e. The molecule has 5 heteroatoms. The van der Waals surface area contributed by atoms with E-state index in [1.54, 1.807) is 13.8 Å². The highest BCUT2D eigenvalue weighted by Gasteiger charge is 2.24. The summed E-state index contributed by atoms with van der Waals surface area (Å²) in [6.07, 6.45) is 2.07. The molecule has 1 amide bonds. The summed E-state index contributed by atoms with van der Waals surface area (Å²) < 4.78 is 0. The zero-order valence-corrected chi connectivity index (χ0v) is 14.2. The number of carbonyl (C=O) groups is 1. The van der Waals surface area contributed by atoms with E-state index >= 15 is 0 Å². The molecule has 1 aromatic carbocycles. The molecule has 0 bridgehead atoms. The number of piperidine rings is 1. The molecule has 1 aromatic heterocycles. The molecule has 0 saturated carbocycles. The summed E-state index contributed by atoms with van der Waals surface area (Å²) in [4.78, 5) is 33.4. The van der Waals surface area contributed by atoms with Gasteiger partial charge in [-0.05, 0) is 38.2 Å². The number of H-pyrrole nitrogens is 1. The van der Waals surface area contributed by atoms with Crippen LogP contribution in [0.2, 0.25) is 0 Å². The fourth-order valence-corrected chi connectivity index (χ4v) is 3.41. The molecule has 1 saturated heterocycles. The Morgan fingerprint density at radius 2 is 1.88 bits per heavy atom. The largest absolute Gasteiger partial charge is 0.342 e. The Morgan fingerprint density at radius 3 is 2.50 bits per heavy atom. The summed E-state index contributed by atoms with van der Waals surface area (Å²) in [7, 11) is 0. The third-order valence-electron chi connectivity index (χ3n) is 4.79. The van der Waals surface area contributed by atoms with Crippen LogP contribution in [0.15, 0.2) is 35.1 Å². The molecule has 3 rings (SSSR count). The van der Waals surface area contributed by atoms with Crippen molar-refractivity contribution < 1.29 is 4.79 Å². The lowest BCUT2D eigenvalue weighted by atomic mass is 9.89. The second-order valence-corrected chi connectivity index (χ2v) is 6.46. The Balaban J connectivity index is 1.63. The zero-order chi connectivity index (χ0) is 17.1. The number of nitrogens with one attached hydrogen (secondary N) is 1. The number of benzene rings is 1. The molecular formula is C19H23N3O2. The summed E-state index contributed by atoms with van der Waals surface area (Å²) in [6.45, 7) is 5.02. The second-order valence-electron chi connectivity index (χ2n) is 6.46. The van der Waals surface area contributed by atoms with E-state index in [0.29, 0.717) is 23.0 Å². The smallest absolute Gasteiger partial charge is 0.254 e. The quantitative estimate of drug-likeness (QED) is 0.942. The third-order valence-corrected chi connectivity index (χ3v) is 4.79. The molecule has 0 spiro atoms. The Bertz CT molecular complexity index is 775. The zero-order valence-electron chi connectivity index (χ0n) is 14.2. The van der Waals surface area contributed by atoms with Gasteiger partial charge in [0, 0.05) is 24.3 Å². The van der Waals surface area contributed by atoms with Crippen molar-refractivity contribution >= 4 is 5.91 Å². The van der Waals surface area contributed by atoms with Crippen molar-refractivity contribution in [2.45, 2.75) is 39.0 Å². The van der Waals surface area contributed by atoms with E-state index in [9.17, 15) is 9.59 Å². The molecular weight excluding hydrogens is 302 g/mol. The van der Waals surface area contributed by atoms with E-state index in [0.717, 1.165) is 25.9 Å². The summed E-state index contributed by atoms with van der Waals surface area (Å²) in [5, 5.41) is 0. The first-order chi connectivity index (χ1) is 11.5. The highest BCUT2D eigenvalue weighted by molar-refractivity contribution is 5.79. The van der Waals surface area contributed by atoms with Crippen LogP contribution in [0.25, 0.3) is 0 Å². The number of aromatic nitrogens is 2. The van der Waals surface area contributed by atoms with Crippen LogP contribution in [-0.2, 0) is 11.2 Å². The predicted octanol–water partition coefficient (Wildman–Crippen LogP) is 2.34. The van der Waals surface area contributed by atoms with Crippen LogP contribution in [0.4, 0.5) is 0 Å². The van der Waals surface area contributed by atoms with Gasteiger partial charge in [-0.2, -0.15) is 0 Å². The lowest BCUT2D eigenvalue weighted by Gasteiger charge is -2.32. The van der Waals surface area contributed by atoms with Crippen LogP contribution in [0.3, 0.4) is 0 Å². The number of aromatic amines is 1. The topological polar surface area (TPSA) is 66.1 Å². The lowest BCUT2D eigenvalue weighted by molar-refractivity contribution is -0.131. The van der Waals surface area contributed by atoms with E-state index in [4.69, 9.17) is 0 Å². The second kappa shape index (κ2) is 6.99. The van der Waals surface area contributed by atoms with Crippen LogP contribution in [0.1, 0.15) is 41.4 Å². The molecule has 2 aromatic rings. The van der Waals surface area contributed by atoms with Gasteiger partial charge in [0.05, 0.1) is 6.42 Å². The molecule has 1 aliphatic heterocycles. The van der Waals surface area contributed by atoms with E-state index in [-0.39, 0.29) is 17.9 Å². The van der Waals surface area contributed by atoms with Crippen LogP contribution in [0, 0.1) is 13.8 Å². The number of aryl methyl sites for hydroxylation is 2. The number of likely N-dealkylation sites (tertiary alicyclic amines) is 1. The Morgan fingerprint density at radius 1 is 1.21 bits per heavy atom. The Kier molecular flexibility index (Phi) is 4.79. The minimum atomic E-state index is -0.201. The lowest BCUT2D eigenvalue weighted by Crippen LogP contribution is -2.39. The number of hydrogen-bond acceptors (Lipinski definition) is 3. The van der Waals surface area contributed by atoms with E-state index in [1.807, 2.05) is 11.0 Å². The minimum absolute atomic E-state index is 0.0146. The van der Waals surface area contributed by atoms with Gasteiger partial charge in [0.25, 0.3) is 5.56 Å². The maximum absolute atomic E-state index is 12.5. The van der Waals surface area contributed by atoms with Crippen molar-refractivity contribution in [3.05, 3.63) is 63.3 Å². The number of amides is 1. The highest BCUT2D eigenvalue weighted by Crippen LogP contribution is 2.27. The summed E-state index contributed by atoms with van der Waals surface area (Å²) in [5.74, 6) is 1.11. The van der Waals surface area contributed by atoms with Crippen molar-refractivity contribution in [1.29, 1.82) is 0 Å². The molecule has 2 heterocycles. The molecule has 0 aliphatic carbocycles. The van der Waals surface area contributed by atoms with Crippen LogP contribution in [0.5, 0.6) is 0 Å². The van der Waals surface area contributed by atoms with Gasteiger partial charge in [-0.15, -0.1) is 0 Å². The SMILES string of the molecule is Cc1nc(C)c(CC(=O)N2CCC(c3ccccc3)CC2)c(=O)[nH]1. The van der Waals surface area contributed by atoms with Crippen LogP contribution < -0.4 is 5.56 Å². The van der Waals surface area contributed by atoms with Gasteiger partial charge in [-0.3, -0.25) is 9.59 Å². The Hall–Kier alpha value is -2.43. The fraction of sp³-hybridized carbons (Fsp3) is 0.421. The molecule has 126 valence electrons. The van der Waals surface area contributed by atoms with Gasteiger partial charge in [-0.25, -0.2) is 4.98 Å². The molecule has 1 N–H and O–H groups in total. The van der Waals surface area contributed by atoms with E-state index in [2.05, 4.69) is 34.2 Å². The maximum atomic E-state index is 12.5. The van der Waals surface area contributed by atoms with Crippen molar-refractivity contribution in [2.75, 3.05) is 13.1 Å². The maximum Gasteiger partial charge on any atom is 0.254 e. The summed E-state index contributed by atoms with van der Waals surface area (Å²) in [5.41, 5.74) is 2.27. The molecule has 24 heavy (non-hydrogen) atoms. The molecule has 0 unspecified atom stereocenters. The van der Waals surface area contributed by atoms with Gasteiger partial charge >= 0.3 is 0 Å². The number of nitrogens with zero attached hydrogens (tertiary/aromatic N) is 2. The average Bonchev–Trinajstić information content (AvgIpc) is 2.59. The number of rotatable bonds is 3. The van der Waals surface area contributed by atoms with Crippen molar-refractivity contribution in [2.24, 2.45) is 0 Å². The van der Waals surface area contributed by atoms with Gasteiger partial charge in [0.2, 0.25) is 5.91 Å². The first-order valence-corrected chi connectivity index (χ1v) is 8.43. The summed E-state index contributed by atoms with van der Waals surface area (Å²) >= 11 is 0. The summed E-state index contributed by atoms with van der Waals surface area (Å²) in [6, 6.07) is 10.5. The predicted molar refractivity (Wildman–Crippen MR) is 93.0 cm³/mol. The van der Waals surface area contributed by atoms with Crippen molar-refractivity contribution in [1.82, 2.24) is 14.9 Å². The van der Waals surface area contributed by atoms with Gasteiger partial charge in [0.1, 0.15) is 5.82 Å². The van der Waals surface area contributed by atoms with Crippen molar-refractivity contribution in [3.8, 4) is 0 Å². The van der Waals surface area contributed by atoms with Crippen LogP contribution >= 0.6 is 0 Å². The van der Waals surface area contributed by atoms with Gasteiger partial charge in [-0.1, -0.05) is 30.3 Å². The Labute approximate surface area is 141 Å². The first kappa shape index (κ1) is 16.4. The van der Waals surface area contributed by atoms with Gasteiger partial charge < -0.3 is 9.88 Å². The molecule has 0 radical (unpaired) electrons. The van der Waals surface area contributed by atoms with Gasteiger partial charge in [0.15, 0.2) is 0 Å². The van der Waals surface area contributed by atoms with E-state index < -0.39 is 0 Å². The molecule has 5 nitrogen and oxygen atoms in total. The first-order valence-electron chi connectivity index (χ1n) is 8.43. The van der Waals surface area contributed by atoms with Crippen LogP contribution in [-0.4, -0.2) is 33.9 Å². The fourth-order valence-electron chi connectivity index (χ4n) is 3.41. The number of hydrogen-bond donors (Lipinski definition) is 1. The molecule has 1 fully saturated rings. The molecule has 1 aliphatic rings. The van der Waals surface area contributed by atoms with E-state index in [1.165, 1.54) is 5.56 Å². The standard InChI is InChI=1S/C19H23N3O2/c1-13-17(19(24)21-14(2)20-13)12-18(23)22-10-8-16(9-11-22)15-6-4-3-5-7-15/h3-7,16H,8-12H2,1-2H3,(H,20,21,24). The monoisotopic (exact) mass is 325 g/mol. The number of carbonyl (C=O) groups excluding carboxylic acids is 1. The average molecular weight is 325 g/mol. The molecule has 0 atom stereocenters. The van der Waals surface area contributed by atoms with Crippen molar-refractivity contribution in [3.63, 3.8) is 0 Å². The third kappa shape index (κ3) is 3.55. The highest BCUT2D eigenvalue weighted by atomic mass is 16.2.